The van der Waals surface area contributed by atoms with Crippen LogP contribution in [0, 0.1) is 25.7 Å². The topological polar surface area (TPSA) is 66.8 Å². The number of aldehydes is 1. The Morgan fingerprint density at radius 2 is 1.67 bits per heavy atom. The predicted molar refractivity (Wildman–Crippen MR) is 145 cm³/mol. The van der Waals surface area contributed by atoms with Crippen LogP contribution in [0.4, 0.5) is 0 Å². The number of hydrogen-bond donors (Lipinski definition) is 2. The summed E-state index contributed by atoms with van der Waals surface area (Å²) >= 11 is 0. The second kappa shape index (κ2) is 12.6. The van der Waals surface area contributed by atoms with Crippen molar-refractivity contribution in [3.8, 4) is 17.6 Å². The van der Waals surface area contributed by atoms with Crippen molar-refractivity contribution in [2.75, 3.05) is 6.61 Å². The maximum atomic E-state index is 10.8. The highest BCUT2D eigenvalue weighted by Crippen LogP contribution is 2.41. The van der Waals surface area contributed by atoms with Gasteiger partial charge >= 0.3 is 0 Å². The number of ether oxygens (including phenoxy) is 1. The van der Waals surface area contributed by atoms with Gasteiger partial charge in [0.2, 0.25) is 0 Å². The van der Waals surface area contributed by atoms with Crippen LogP contribution >= 0.6 is 0 Å². The van der Waals surface area contributed by atoms with E-state index in [4.69, 9.17) is 4.74 Å². The monoisotopic (exact) mass is 490 g/mol. The molecule has 194 valence electrons. The van der Waals surface area contributed by atoms with Crippen molar-refractivity contribution in [3.05, 3.63) is 64.2 Å². The molecule has 4 heteroatoms. The summed E-state index contributed by atoms with van der Waals surface area (Å²) in [6, 6.07) is 12.9. The van der Waals surface area contributed by atoms with Crippen LogP contribution in [-0.4, -0.2) is 34.8 Å². The molecule has 0 heterocycles. The van der Waals surface area contributed by atoms with Gasteiger partial charge in [-0.3, -0.25) is 0 Å². The third kappa shape index (κ3) is 6.58. The lowest BCUT2D eigenvalue weighted by molar-refractivity contribution is -0.108. The quantitative estimate of drug-likeness (QED) is 0.308. The van der Waals surface area contributed by atoms with Crippen LogP contribution in [0.5, 0.6) is 5.75 Å². The minimum absolute atomic E-state index is 0.134. The first-order valence-corrected chi connectivity index (χ1v) is 13.5. The first-order chi connectivity index (χ1) is 17.3. The molecule has 1 atom stereocenters. The SMILES string of the molecule is CCC(CC)(c1ccc(C#CC2(O)CCCCC2)c(C)c1)c1ccc(OC[C@@H](O)CCC=O)c(C)c1. The Balaban J connectivity index is 1.84. The molecule has 2 aromatic carbocycles. The Bertz CT molecular complexity index is 1080. The number of aliphatic hydroxyl groups excluding tert-OH is 1. The zero-order valence-corrected chi connectivity index (χ0v) is 22.4. The van der Waals surface area contributed by atoms with E-state index >= 15 is 0 Å². The maximum Gasteiger partial charge on any atom is 0.125 e. The van der Waals surface area contributed by atoms with Gasteiger partial charge in [-0.25, -0.2) is 0 Å². The van der Waals surface area contributed by atoms with Gasteiger partial charge in [0, 0.05) is 17.4 Å². The summed E-state index contributed by atoms with van der Waals surface area (Å²) in [4.78, 5) is 10.5. The van der Waals surface area contributed by atoms with Gasteiger partial charge in [0.1, 0.15) is 24.2 Å². The Morgan fingerprint density at radius 1 is 1.03 bits per heavy atom. The van der Waals surface area contributed by atoms with E-state index in [1.165, 1.54) is 17.5 Å². The van der Waals surface area contributed by atoms with E-state index in [1.54, 1.807) is 0 Å². The normalized spacial score (nSPS) is 16.1. The second-order valence-corrected chi connectivity index (χ2v) is 10.4. The van der Waals surface area contributed by atoms with Crippen LogP contribution < -0.4 is 4.74 Å². The van der Waals surface area contributed by atoms with Gasteiger partial charge in [-0.2, -0.15) is 0 Å². The summed E-state index contributed by atoms with van der Waals surface area (Å²) in [5.41, 5.74) is 4.68. The largest absolute Gasteiger partial charge is 0.491 e. The highest BCUT2D eigenvalue weighted by atomic mass is 16.5. The summed E-state index contributed by atoms with van der Waals surface area (Å²) in [7, 11) is 0. The number of hydrogen-bond acceptors (Lipinski definition) is 4. The van der Waals surface area contributed by atoms with Crippen molar-refractivity contribution in [1.29, 1.82) is 0 Å². The van der Waals surface area contributed by atoms with Crippen molar-refractivity contribution in [1.82, 2.24) is 0 Å². The fourth-order valence-electron chi connectivity index (χ4n) is 5.42. The molecule has 1 aliphatic rings. The Kier molecular flexibility index (Phi) is 9.77. The van der Waals surface area contributed by atoms with Gasteiger partial charge in [-0.05, 0) is 93.2 Å². The van der Waals surface area contributed by atoms with Gasteiger partial charge in [0.15, 0.2) is 0 Å². The predicted octanol–water partition coefficient (Wildman–Crippen LogP) is 6.18. The number of aliphatic hydroxyl groups is 2. The van der Waals surface area contributed by atoms with Crippen molar-refractivity contribution < 1.29 is 19.7 Å². The van der Waals surface area contributed by atoms with Crippen molar-refractivity contribution >= 4 is 6.29 Å². The molecular formula is C32H42O4. The van der Waals surface area contributed by atoms with Gasteiger partial charge in [0.05, 0.1) is 6.10 Å². The maximum absolute atomic E-state index is 10.8. The number of carbonyl (C=O) groups is 1. The highest BCUT2D eigenvalue weighted by Gasteiger charge is 2.31. The minimum Gasteiger partial charge on any atom is -0.491 e. The molecule has 0 bridgehead atoms. The summed E-state index contributed by atoms with van der Waals surface area (Å²) in [6.45, 7) is 8.78. The lowest BCUT2D eigenvalue weighted by Crippen LogP contribution is -2.29. The number of rotatable bonds is 10. The third-order valence-electron chi connectivity index (χ3n) is 7.87. The minimum atomic E-state index is -0.841. The molecule has 3 rings (SSSR count). The van der Waals surface area contributed by atoms with Gasteiger partial charge < -0.3 is 19.7 Å². The number of benzene rings is 2. The van der Waals surface area contributed by atoms with E-state index in [9.17, 15) is 15.0 Å². The third-order valence-corrected chi connectivity index (χ3v) is 7.87. The smallest absolute Gasteiger partial charge is 0.125 e. The van der Waals surface area contributed by atoms with Gasteiger partial charge in [-0.15, -0.1) is 0 Å². The average Bonchev–Trinajstić information content (AvgIpc) is 2.88. The standard InChI is InChI=1S/C32H42O4/c1-5-32(6-2,28-14-15-30(25(4)22-28)36-23-29(34)11-10-20-33)27-13-12-26(24(3)21-27)16-19-31(35)17-8-7-9-18-31/h12-15,20-22,29,34-35H,5-11,17-18,23H2,1-4H3/t29-/m0/s1. The van der Waals surface area contributed by atoms with Crippen molar-refractivity contribution in [2.45, 2.75) is 103 Å². The second-order valence-electron chi connectivity index (χ2n) is 10.4. The van der Waals surface area contributed by atoms with E-state index < -0.39 is 11.7 Å². The lowest BCUT2D eigenvalue weighted by Gasteiger charge is -2.34. The molecule has 1 saturated carbocycles. The van der Waals surface area contributed by atoms with Crippen molar-refractivity contribution in [2.24, 2.45) is 0 Å². The first-order valence-electron chi connectivity index (χ1n) is 13.5. The molecular weight excluding hydrogens is 448 g/mol. The molecule has 0 unspecified atom stereocenters. The zero-order valence-electron chi connectivity index (χ0n) is 22.4. The molecule has 0 saturated heterocycles. The Hall–Kier alpha value is -2.61. The average molecular weight is 491 g/mol. The van der Waals surface area contributed by atoms with Gasteiger partial charge in [0.25, 0.3) is 0 Å². The highest BCUT2D eigenvalue weighted by molar-refractivity contribution is 5.50. The van der Waals surface area contributed by atoms with Crippen molar-refractivity contribution in [3.63, 3.8) is 0 Å². The molecule has 0 spiro atoms. The Morgan fingerprint density at radius 3 is 2.25 bits per heavy atom. The fourth-order valence-corrected chi connectivity index (χ4v) is 5.42. The van der Waals surface area contributed by atoms with E-state index in [2.05, 4.69) is 62.9 Å². The molecule has 0 amide bonds. The van der Waals surface area contributed by atoms with Gasteiger partial charge in [-0.1, -0.05) is 56.4 Å². The molecule has 0 radical (unpaired) electrons. The molecule has 2 aromatic rings. The summed E-state index contributed by atoms with van der Waals surface area (Å²) in [5.74, 6) is 7.20. The van der Waals surface area contributed by atoms with Crippen LogP contribution in [0.2, 0.25) is 0 Å². The molecule has 1 aliphatic carbocycles. The Labute approximate surface area is 217 Å². The zero-order chi connectivity index (χ0) is 26.2. The summed E-state index contributed by atoms with van der Waals surface area (Å²) < 4.78 is 5.85. The van der Waals surface area contributed by atoms with Crippen LogP contribution in [-0.2, 0) is 10.2 Å². The van der Waals surface area contributed by atoms with Crippen LogP contribution in [0.15, 0.2) is 36.4 Å². The van der Waals surface area contributed by atoms with E-state index in [0.717, 1.165) is 67.3 Å². The summed E-state index contributed by atoms with van der Waals surface area (Å²) in [6.07, 6.45) is 7.63. The molecule has 1 fully saturated rings. The lowest BCUT2D eigenvalue weighted by atomic mass is 9.70. The van der Waals surface area contributed by atoms with E-state index in [0.29, 0.717) is 12.8 Å². The first kappa shape index (κ1) is 28.0. The van der Waals surface area contributed by atoms with Crippen LogP contribution in [0.25, 0.3) is 0 Å². The molecule has 4 nitrogen and oxygen atoms in total. The molecule has 2 N–H and O–H groups in total. The summed E-state index contributed by atoms with van der Waals surface area (Å²) in [5, 5.41) is 20.8. The van der Waals surface area contributed by atoms with Crippen LogP contribution in [0.3, 0.4) is 0 Å². The molecule has 0 aliphatic heterocycles. The van der Waals surface area contributed by atoms with Crippen LogP contribution in [0.1, 0.15) is 99.5 Å². The molecule has 0 aromatic heterocycles. The number of aryl methyl sites for hydroxylation is 2. The fraction of sp³-hybridized carbons (Fsp3) is 0.531. The van der Waals surface area contributed by atoms with E-state index in [-0.39, 0.29) is 12.0 Å². The van der Waals surface area contributed by atoms with E-state index in [1.807, 2.05) is 13.0 Å². The number of carbonyl (C=O) groups excluding carboxylic acids is 1. The molecule has 36 heavy (non-hydrogen) atoms.